The van der Waals surface area contributed by atoms with Crippen molar-refractivity contribution in [1.82, 2.24) is 4.90 Å². The minimum Gasteiger partial charge on any atom is -0.495 e. The molecule has 0 heterocycles. The van der Waals surface area contributed by atoms with E-state index in [0.29, 0.717) is 34.4 Å². The molecule has 4 rings (SSSR count). The van der Waals surface area contributed by atoms with Crippen LogP contribution in [0.25, 0.3) is 11.1 Å². The maximum absolute atomic E-state index is 13.3. The highest BCUT2D eigenvalue weighted by Gasteiger charge is 2.23. The number of nitrogens with zero attached hydrogens (tertiary/aromatic N) is 1. The predicted molar refractivity (Wildman–Crippen MR) is 131 cm³/mol. The minimum absolute atomic E-state index is 0.0222. The second kappa shape index (κ2) is 9.30. The van der Waals surface area contributed by atoms with E-state index in [4.69, 9.17) is 4.74 Å². The maximum Gasteiger partial charge on any atom is 0.265 e. The highest BCUT2D eigenvalue weighted by Crippen LogP contribution is 2.32. The number of hydrogen-bond acceptors (Lipinski definition) is 5. The first kappa shape index (κ1) is 23.5. The van der Waals surface area contributed by atoms with Crippen molar-refractivity contribution >= 4 is 27.4 Å². The number of carbonyl (C=O) groups excluding carboxylic acids is 2. The van der Waals surface area contributed by atoms with Gasteiger partial charge in [-0.25, -0.2) is 8.42 Å². The Balaban J connectivity index is 1.71. The average molecular weight is 479 g/mol. The van der Waals surface area contributed by atoms with Crippen LogP contribution in [-0.2, 0) is 16.4 Å². The van der Waals surface area contributed by atoms with Crippen molar-refractivity contribution in [3.63, 3.8) is 0 Å². The summed E-state index contributed by atoms with van der Waals surface area (Å²) in [7, 11) is 0.720. The van der Waals surface area contributed by atoms with Gasteiger partial charge >= 0.3 is 0 Å². The molecule has 0 fully saturated rings. The van der Waals surface area contributed by atoms with Crippen LogP contribution in [0.5, 0.6) is 5.75 Å². The molecule has 3 aromatic rings. The zero-order valence-corrected chi connectivity index (χ0v) is 20.1. The first-order valence-electron chi connectivity index (χ1n) is 10.9. The van der Waals surface area contributed by atoms with Gasteiger partial charge in [0.25, 0.3) is 15.9 Å². The number of nitrogens with one attached hydrogen (secondary N) is 1. The first-order valence-corrected chi connectivity index (χ1v) is 12.4. The van der Waals surface area contributed by atoms with Crippen molar-refractivity contribution in [3.05, 3.63) is 77.4 Å². The van der Waals surface area contributed by atoms with Crippen LogP contribution in [0, 0.1) is 0 Å². The maximum atomic E-state index is 13.3. The summed E-state index contributed by atoms with van der Waals surface area (Å²) in [6.45, 7) is 0. The van der Waals surface area contributed by atoms with Gasteiger partial charge in [-0.2, -0.15) is 0 Å². The summed E-state index contributed by atoms with van der Waals surface area (Å²) in [5.74, 6) is 0.0617. The molecule has 0 spiro atoms. The van der Waals surface area contributed by atoms with E-state index in [1.165, 1.54) is 18.1 Å². The van der Waals surface area contributed by atoms with Crippen LogP contribution < -0.4 is 9.46 Å². The number of ketones is 1. The topological polar surface area (TPSA) is 92.8 Å². The minimum atomic E-state index is -4.03. The molecule has 0 bridgehead atoms. The third-order valence-corrected chi connectivity index (χ3v) is 7.22. The molecule has 7 nitrogen and oxygen atoms in total. The fourth-order valence-electron chi connectivity index (χ4n) is 4.06. The van der Waals surface area contributed by atoms with Gasteiger partial charge in [0.1, 0.15) is 10.6 Å². The third-order valence-electron chi connectivity index (χ3n) is 5.81. The number of methoxy groups -OCH3 is 1. The van der Waals surface area contributed by atoms with Gasteiger partial charge in [0.05, 0.1) is 7.11 Å². The second-order valence-corrected chi connectivity index (χ2v) is 10.1. The van der Waals surface area contributed by atoms with Crippen molar-refractivity contribution in [2.45, 2.75) is 24.2 Å². The lowest BCUT2D eigenvalue weighted by Gasteiger charge is -2.17. The Morgan fingerprint density at radius 3 is 2.47 bits per heavy atom. The standard InChI is InChI=1S/C26H26N2O5S/c1-28(2)26(30)20-8-4-7-18(14-20)19-11-13-24(33-3)25(15-19)34(31,32)27-21-12-10-17-6-5-9-23(29)22(17)16-21/h4,7-8,10-16,27H,5-6,9H2,1-3H3. The molecule has 34 heavy (non-hydrogen) atoms. The van der Waals surface area contributed by atoms with Gasteiger partial charge in [-0.1, -0.05) is 24.3 Å². The second-order valence-electron chi connectivity index (χ2n) is 8.40. The Morgan fingerprint density at radius 2 is 1.74 bits per heavy atom. The van der Waals surface area contributed by atoms with Crippen molar-refractivity contribution < 1.29 is 22.7 Å². The number of fused-ring (bicyclic) bond motifs is 1. The summed E-state index contributed by atoms with van der Waals surface area (Å²) in [4.78, 5) is 26.1. The van der Waals surface area contributed by atoms with Crippen LogP contribution in [0.4, 0.5) is 5.69 Å². The molecule has 0 saturated carbocycles. The van der Waals surface area contributed by atoms with Crippen LogP contribution in [0.2, 0.25) is 0 Å². The Bertz CT molecular complexity index is 1380. The Labute approximate surface area is 199 Å². The van der Waals surface area contributed by atoms with E-state index in [-0.39, 0.29) is 22.3 Å². The highest BCUT2D eigenvalue weighted by atomic mass is 32.2. The molecule has 1 aliphatic rings. The predicted octanol–water partition coefficient (Wildman–Crippen LogP) is 4.38. The Hall–Kier alpha value is -3.65. The third kappa shape index (κ3) is 4.68. The summed E-state index contributed by atoms with van der Waals surface area (Å²) in [6, 6.07) is 16.9. The van der Waals surface area contributed by atoms with Gasteiger partial charge < -0.3 is 9.64 Å². The van der Waals surface area contributed by atoms with Crippen molar-refractivity contribution in [2.24, 2.45) is 0 Å². The van der Waals surface area contributed by atoms with Crippen LogP contribution >= 0.6 is 0 Å². The van der Waals surface area contributed by atoms with Crippen LogP contribution in [0.3, 0.4) is 0 Å². The number of amides is 1. The molecule has 176 valence electrons. The van der Waals surface area contributed by atoms with Gasteiger partial charge in [-0.3, -0.25) is 14.3 Å². The zero-order valence-electron chi connectivity index (χ0n) is 19.3. The summed E-state index contributed by atoms with van der Waals surface area (Å²) in [5, 5.41) is 0. The molecular formula is C26H26N2O5S. The molecule has 0 aliphatic heterocycles. The lowest BCUT2D eigenvalue weighted by molar-refractivity contribution is 0.0827. The number of rotatable bonds is 6. The average Bonchev–Trinajstić information content (AvgIpc) is 2.83. The van der Waals surface area contributed by atoms with Crippen LogP contribution in [0.1, 0.15) is 39.1 Å². The van der Waals surface area contributed by atoms with E-state index in [0.717, 1.165) is 18.4 Å². The largest absolute Gasteiger partial charge is 0.495 e. The number of hydrogen-bond donors (Lipinski definition) is 1. The molecule has 3 aromatic carbocycles. The SMILES string of the molecule is COc1ccc(-c2cccc(C(=O)N(C)C)c2)cc1S(=O)(=O)Nc1ccc2c(c1)C(=O)CCC2. The van der Waals surface area contributed by atoms with E-state index in [1.54, 1.807) is 62.6 Å². The summed E-state index contributed by atoms with van der Waals surface area (Å²) in [5.41, 5.74) is 3.64. The van der Waals surface area contributed by atoms with Crippen molar-refractivity contribution in [1.29, 1.82) is 0 Å². The summed E-state index contributed by atoms with van der Waals surface area (Å²) in [6.07, 6.45) is 2.08. The van der Waals surface area contributed by atoms with Crippen molar-refractivity contribution in [2.75, 3.05) is 25.9 Å². The molecule has 0 unspecified atom stereocenters. The number of ether oxygens (including phenoxy) is 1. The number of anilines is 1. The van der Waals surface area contributed by atoms with Crippen molar-refractivity contribution in [3.8, 4) is 16.9 Å². The van der Waals surface area contributed by atoms with Crippen LogP contribution in [-0.4, -0.2) is 46.2 Å². The van der Waals surface area contributed by atoms with Gasteiger partial charge in [-0.15, -0.1) is 0 Å². The monoisotopic (exact) mass is 478 g/mol. The number of benzene rings is 3. The summed E-state index contributed by atoms with van der Waals surface area (Å²) < 4.78 is 34.6. The summed E-state index contributed by atoms with van der Waals surface area (Å²) >= 11 is 0. The molecule has 1 N–H and O–H groups in total. The molecular weight excluding hydrogens is 452 g/mol. The Morgan fingerprint density at radius 1 is 0.971 bits per heavy atom. The zero-order chi connectivity index (χ0) is 24.5. The van der Waals surface area contributed by atoms with E-state index < -0.39 is 10.0 Å². The van der Waals surface area contributed by atoms with Gasteiger partial charge in [0, 0.05) is 37.3 Å². The molecule has 1 aliphatic carbocycles. The molecule has 0 saturated heterocycles. The number of aryl methyl sites for hydroxylation is 1. The molecule has 8 heteroatoms. The fourth-order valence-corrected chi connectivity index (χ4v) is 5.30. The first-order chi connectivity index (χ1) is 16.2. The van der Waals surface area contributed by atoms with Crippen LogP contribution in [0.15, 0.2) is 65.6 Å². The lowest BCUT2D eigenvalue weighted by Crippen LogP contribution is -2.21. The number of sulfonamides is 1. The van der Waals surface area contributed by atoms with E-state index in [1.807, 2.05) is 6.07 Å². The van der Waals surface area contributed by atoms with E-state index >= 15 is 0 Å². The quantitative estimate of drug-likeness (QED) is 0.567. The molecule has 1 amide bonds. The normalized spacial score (nSPS) is 13.2. The fraction of sp³-hybridized carbons (Fsp3) is 0.231. The molecule has 0 aromatic heterocycles. The molecule has 0 radical (unpaired) electrons. The number of carbonyl (C=O) groups is 2. The van der Waals surface area contributed by atoms with E-state index in [9.17, 15) is 18.0 Å². The smallest absolute Gasteiger partial charge is 0.265 e. The lowest BCUT2D eigenvalue weighted by atomic mass is 9.90. The van der Waals surface area contributed by atoms with Gasteiger partial charge in [-0.05, 0) is 65.9 Å². The van der Waals surface area contributed by atoms with Gasteiger partial charge in [0.15, 0.2) is 5.78 Å². The van der Waals surface area contributed by atoms with Gasteiger partial charge in [0.2, 0.25) is 0 Å². The number of Topliss-reactive ketones (excluding diaryl/α,β-unsaturated/α-hetero) is 1. The molecule has 0 atom stereocenters. The highest BCUT2D eigenvalue weighted by molar-refractivity contribution is 7.92. The Kier molecular flexibility index (Phi) is 6.43. The van der Waals surface area contributed by atoms with E-state index in [2.05, 4.69) is 4.72 Å².